The monoisotopic (exact) mass is 260 g/mol. The fourth-order valence-electron chi connectivity index (χ4n) is 1.22. The van der Waals surface area contributed by atoms with Gasteiger partial charge in [0.15, 0.2) is 11.5 Å². The molecule has 1 rings (SSSR count). The van der Waals surface area contributed by atoms with Gasteiger partial charge in [-0.15, -0.1) is 0 Å². The average Bonchev–Trinajstić information content (AvgIpc) is 2.20. The third-order valence-electron chi connectivity index (χ3n) is 1.98. The molecule has 0 spiro atoms. The predicted molar refractivity (Wildman–Crippen MR) is 57.8 cm³/mol. The van der Waals surface area contributed by atoms with E-state index in [1.165, 1.54) is 7.11 Å². The molecule has 0 atom stereocenters. The second kappa shape index (κ2) is 5.22. The smallest absolute Gasteiger partial charge is 0.172 e. The largest absolute Gasteiger partial charge is 0.503 e. The summed E-state index contributed by atoms with van der Waals surface area (Å²) in [5.74, 6) is 0.563. The highest BCUT2D eigenvalue weighted by atomic mass is 79.9. The normalized spacial score (nSPS) is 10.2. The van der Waals surface area contributed by atoms with Gasteiger partial charge in [-0.3, -0.25) is 0 Å². The zero-order chi connectivity index (χ0) is 10.6. The van der Waals surface area contributed by atoms with Crippen molar-refractivity contribution in [2.24, 2.45) is 0 Å². The van der Waals surface area contributed by atoms with E-state index in [-0.39, 0.29) is 12.4 Å². The van der Waals surface area contributed by atoms with Crippen LogP contribution in [0.3, 0.4) is 0 Å². The summed E-state index contributed by atoms with van der Waals surface area (Å²) >= 11 is 3.29. The Morgan fingerprint density at radius 1 is 1.43 bits per heavy atom. The van der Waals surface area contributed by atoms with Crippen molar-refractivity contribution < 1.29 is 14.9 Å². The van der Waals surface area contributed by atoms with Crippen LogP contribution in [0.15, 0.2) is 16.6 Å². The summed E-state index contributed by atoms with van der Waals surface area (Å²) in [5.41, 5.74) is 0.970. The first-order valence-electron chi connectivity index (χ1n) is 4.36. The number of hydrogen-bond donors (Lipinski definition) is 2. The first-order chi connectivity index (χ1) is 6.70. The van der Waals surface area contributed by atoms with Gasteiger partial charge in [-0.2, -0.15) is 0 Å². The van der Waals surface area contributed by atoms with Gasteiger partial charge in [-0.05, 0) is 40.4 Å². The van der Waals surface area contributed by atoms with Crippen molar-refractivity contribution >= 4 is 15.9 Å². The van der Waals surface area contributed by atoms with Gasteiger partial charge in [0.25, 0.3) is 0 Å². The molecule has 3 nitrogen and oxygen atoms in total. The molecule has 78 valence electrons. The lowest BCUT2D eigenvalue weighted by molar-refractivity contribution is 0.288. The summed E-state index contributed by atoms with van der Waals surface area (Å²) in [6, 6.07) is 3.59. The van der Waals surface area contributed by atoms with E-state index >= 15 is 0 Å². The molecule has 2 N–H and O–H groups in total. The molecule has 14 heavy (non-hydrogen) atoms. The zero-order valence-electron chi connectivity index (χ0n) is 7.96. The minimum atomic E-state index is 0.114. The Bertz CT molecular complexity index is 312. The number of halogens is 1. The Labute approximate surface area is 91.5 Å². The van der Waals surface area contributed by atoms with Crippen LogP contribution < -0.4 is 4.74 Å². The standard InChI is InChI=1S/C10H13BrO3/c1-14-8-5-4-7(3-2-6-12)9(11)10(8)13/h4-5,12-13H,2-3,6H2,1H3. The van der Waals surface area contributed by atoms with Crippen molar-refractivity contribution in [3.05, 3.63) is 22.2 Å². The molecule has 0 amide bonds. The van der Waals surface area contributed by atoms with E-state index in [2.05, 4.69) is 15.9 Å². The van der Waals surface area contributed by atoms with Crippen molar-refractivity contribution in [1.82, 2.24) is 0 Å². The molecule has 0 aliphatic rings. The number of phenols is 1. The van der Waals surface area contributed by atoms with Crippen molar-refractivity contribution in [1.29, 1.82) is 0 Å². The van der Waals surface area contributed by atoms with Crippen LogP contribution in [-0.2, 0) is 6.42 Å². The first-order valence-corrected chi connectivity index (χ1v) is 5.15. The first kappa shape index (κ1) is 11.3. The Morgan fingerprint density at radius 3 is 2.71 bits per heavy atom. The van der Waals surface area contributed by atoms with E-state index in [0.29, 0.717) is 16.6 Å². The van der Waals surface area contributed by atoms with E-state index in [4.69, 9.17) is 9.84 Å². The number of ether oxygens (including phenoxy) is 1. The van der Waals surface area contributed by atoms with Gasteiger partial charge in [-0.25, -0.2) is 0 Å². The van der Waals surface area contributed by atoms with E-state index < -0.39 is 0 Å². The number of aromatic hydroxyl groups is 1. The zero-order valence-corrected chi connectivity index (χ0v) is 9.54. The van der Waals surface area contributed by atoms with Gasteiger partial charge in [0.05, 0.1) is 11.6 Å². The predicted octanol–water partition coefficient (Wildman–Crippen LogP) is 2.09. The van der Waals surface area contributed by atoms with Crippen LogP contribution in [0.4, 0.5) is 0 Å². The highest BCUT2D eigenvalue weighted by Gasteiger charge is 2.09. The summed E-state index contributed by atoms with van der Waals surface area (Å²) in [7, 11) is 1.51. The van der Waals surface area contributed by atoms with Gasteiger partial charge in [0, 0.05) is 6.61 Å². The molecule has 0 heterocycles. The number of aliphatic hydroxyl groups excluding tert-OH is 1. The molecule has 0 saturated heterocycles. The fraction of sp³-hybridized carbons (Fsp3) is 0.400. The molecule has 1 aromatic rings. The lowest BCUT2D eigenvalue weighted by Crippen LogP contribution is -1.92. The molecule has 0 aliphatic carbocycles. The van der Waals surface area contributed by atoms with E-state index in [9.17, 15) is 5.11 Å². The molecule has 0 aromatic heterocycles. The van der Waals surface area contributed by atoms with E-state index in [0.717, 1.165) is 12.0 Å². The molecular formula is C10H13BrO3. The van der Waals surface area contributed by atoms with Crippen molar-refractivity contribution in [2.45, 2.75) is 12.8 Å². The fourth-order valence-corrected chi connectivity index (χ4v) is 1.74. The molecule has 0 unspecified atom stereocenters. The van der Waals surface area contributed by atoms with Crippen LogP contribution in [0.25, 0.3) is 0 Å². The molecule has 4 heteroatoms. The maximum absolute atomic E-state index is 9.64. The summed E-state index contributed by atoms with van der Waals surface area (Å²) in [5, 5.41) is 18.3. The van der Waals surface area contributed by atoms with Gasteiger partial charge in [0.1, 0.15) is 0 Å². The highest BCUT2D eigenvalue weighted by Crippen LogP contribution is 2.36. The second-order valence-electron chi connectivity index (χ2n) is 2.92. The Morgan fingerprint density at radius 2 is 2.14 bits per heavy atom. The average molecular weight is 261 g/mol. The van der Waals surface area contributed by atoms with Crippen LogP contribution in [0.5, 0.6) is 11.5 Å². The Balaban J connectivity index is 2.92. The third-order valence-corrected chi connectivity index (χ3v) is 2.87. The summed E-state index contributed by atoms with van der Waals surface area (Å²) in [6.45, 7) is 0.152. The minimum Gasteiger partial charge on any atom is -0.503 e. The second-order valence-corrected chi connectivity index (χ2v) is 3.71. The molecule has 0 bridgehead atoms. The van der Waals surface area contributed by atoms with Gasteiger partial charge >= 0.3 is 0 Å². The molecule has 0 radical (unpaired) electrons. The molecular weight excluding hydrogens is 248 g/mol. The third kappa shape index (κ3) is 2.39. The molecule has 0 aliphatic heterocycles. The van der Waals surface area contributed by atoms with E-state index in [1.807, 2.05) is 6.07 Å². The van der Waals surface area contributed by atoms with E-state index in [1.54, 1.807) is 6.07 Å². The van der Waals surface area contributed by atoms with Gasteiger partial charge < -0.3 is 14.9 Å². The van der Waals surface area contributed by atoms with Crippen molar-refractivity contribution in [3.8, 4) is 11.5 Å². The molecule has 0 saturated carbocycles. The van der Waals surface area contributed by atoms with Gasteiger partial charge in [-0.1, -0.05) is 6.07 Å². The lowest BCUT2D eigenvalue weighted by Gasteiger charge is -2.09. The minimum absolute atomic E-state index is 0.114. The SMILES string of the molecule is COc1ccc(CCCO)c(Br)c1O. The van der Waals surface area contributed by atoms with Gasteiger partial charge in [0.2, 0.25) is 0 Å². The van der Waals surface area contributed by atoms with Crippen LogP contribution in [0, 0.1) is 0 Å². The maximum Gasteiger partial charge on any atom is 0.172 e. The number of hydrogen-bond acceptors (Lipinski definition) is 3. The molecule has 1 aromatic carbocycles. The molecule has 0 fully saturated rings. The van der Waals surface area contributed by atoms with Crippen LogP contribution in [-0.4, -0.2) is 23.9 Å². The number of aliphatic hydroxyl groups is 1. The topological polar surface area (TPSA) is 49.7 Å². The number of benzene rings is 1. The Hall–Kier alpha value is -0.740. The quantitative estimate of drug-likeness (QED) is 0.872. The summed E-state index contributed by atoms with van der Waals surface area (Å²) in [6.07, 6.45) is 1.42. The maximum atomic E-state index is 9.64. The van der Waals surface area contributed by atoms with Crippen molar-refractivity contribution in [2.75, 3.05) is 13.7 Å². The number of phenolic OH excluding ortho intramolecular Hbond substituents is 1. The lowest BCUT2D eigenvalue weighted by atomic mass is 10.1. The number of rotatable bonds is 4. The van der Waals surface area contributed by atoms with Crippen LogP contribution in [0.1, 0.15) is 12.0 Å². The highest BCUT2D eigenvalue weighted by molar-refractivity contribution is 9.10. The number of methoxy groups -OCH3 is 1. The number of aryl methyl sites for hydroxylation is 1. The Kier molecular flexibility index (Phi) is 4.22. The summed E-state index contributed by atoms with van der Waals surface area (Å²) < 4.78 is 5.60. The summed E-state index contributed by atoms with van der Waals surface area (Å²) in [4.78, 5) is 0. The van der Waals surface area contributed by atoms with Crippen LogP contribution >= 0.6 is 15.9 Å². The van der Waals surface area contributed by atoms with Crippen molar-refractivity contribution in [3.63, 3.8) is 0 Å². The van der Waals surface area contributed by atoms with Crippen LogP contribution in [0.2, 0.25) is 0 Å².